The number of hydrogen-bond acceptors (Lipinski definition) is 4. The molecule has 2 rings (SSSR count). The molecule has 1 unspecified atom stereocenters. The second-order valence-electron chi connectivity index (χ2n) is 4.56. The normalized spacial score (nSPS) is 16.3. The second kappa shape index (κ2) is 6.75. The van der Waals surface area contributed by atoms with Gasteiger partial charge in [0, 0.05) is 24.5 Å². The van der Waals surface area contributed by atoms with Crippen LogP contribution in [0.15, 0.2) is 24.4 Å². The van der Waals surface area contributed by atoms with E-state index in [0.29, 0.717) is 18.2 Å². The standard InChI is InChI=1S/C13H19N3OS/c14-7-12(10-4-5-10)16-13(17)9-18-8-11-3-1-2-6-15-11/h1-3,6,10,12H,4-5,7-9,14H2,(H,16,17). The summed E-state index contributed by atoms with van der Waals surface area (Å²) < 4.78 is 0. The maximum Gasteiger partial charge on any atom is 0.230 e. The van der Waals surface area contributed by atoms with Crippen LogP contribution in [0.2, 0.25) is 0 Å². The number of nitrogens with zero attached hydrogens (tertiary/aromatic N) is 1. The number of rotatable bonds is 7. The van der Waals surface area contributed by atoms with E-state index in [0.717, 1.165) is 11.4 Å². The Hall–Kier alpha value is -1.07. The van der Waals surface area contributed by atoms with Crippen molar-refractivity contribution in [2.75, 3.05) is 12.3 Å². The van der Waals surface area contributed by atoms with E-state index in [-0.39, 0.29) is 11.9 Å². The van der Waals surface area contributed by atoms with Gasteiger partial charge in [0.2, 0.25) is 5.91 Å². The van der Waals surface area contributed by atoms with Crippen LogP contribution in [0.1, 0.15) is 18.5 Å². The van der Waals surface area contributed by atoms with E-state index < -0.39 is 0 Å². The molecule has 1 fully saturated rings. The Balaban J connectivity index is 1.65. The van der Waals surface area contributed by atoms with Gasteiger partial charge in [0.05, 0.1) is 11.4 Å². The lowest BCUT2D eigenvalue weighted by Crippen LogP contribution is -2.42. The van der Waals surface area contributed by atoms with Crippen LogP contribution in [0.3, 0.4) is 0 Å². The molecule has 1 amide bonds. The molecule has 1 heterocycles. The first-order valence-corrected chi connectivity index (χ1v) is 7.42. The van der Waals surface area contributed by atoms with Crippen LogP contribution in [-0.2, 0) is 10.5 Å². The van der Waals surface area contributed by atoms with Gasteiger partial charge in [-0.05, 0) is 30.9 Å². The number of nitrogens with one attached hydrogen (secondary N) is 1. The maximum atomic E-state index is 11.7. The van der Waals surface area contributed by atoms with Crippen molar-refractivity contribution in [1.82, 2.24) is 10.3 Å². The van der Waals surface area contributed by atoms with Crippen molar-refractivity contribution in [3.05, 3.63) is 30.1 Å². The molecular formula is C13H19N3OS. The Morgan fingerprint density at radius 2 is 2.39 bits per heavy atom. The predicted octanol–water partition coefficient (Wildman–Crippen LogP) is 1.17. The Bertz CT molecular complexity index is 381. The highest BCUT2D eigenvalue weighted by Gasteiger charge is 2.30. The zero-order valence-corrected chi connectivity index (χ0v) is 11.2. The SMILES string of the molecule is NCC(NC(=O)CSCc1ccccn1)C1CC1. The largest absolute Gasteiger partial charge is 0.351 e. The average Bonchev–Trinajstić information content (AvgIpc) is 3.21. The summed E-state index contributed by atoms with van der Waals surface area (Å²) >= 11 is 1.58. The summed E-state index contributed by atoms with van der Waals surface area (Å²) in [6.07, 6.45) is 4.17. The number of amides is 1. The van der Waals surface area contributed by atoms with Crippen LogP contribution in [0.25, 0.3) is 0 Å². The summed E-state index contributed by atoms with van der Waals surface area (Å²) in [5.74, 6) is 1.93. The van der Waals surface area contributed by atoms with Crippen molar-refractivity contribution in [2.24, 2.45) is 11.7 Å². The molecule has 3 N–H and O–H groups in total. The minimum Gasteiger partial charge on any atom is -0.351 e. The lowest BCUT2D eigenvalue weighted by atomic mass is 10.2. The van der Waals surface area contributed by atoms with E-state index in [9.17, 15) is 4.79 Å². The van der Waals surface area contributed by atoms with Crippen molar-refractivity contribution in [3.63, 3.8) is 0 Å². The van der Waals surface area contributed by atoms with Crippen LogP contribution in [0, 0.1) is 5.92 Å². The van der Waals surface area contributed by atoms with Crippen LogP contribution in [0.4, 0.5) is 0 Å². The molecule has 1 aliphatic rings. The summed E-state index contributed by atoms with van der Waals surface area (Å²) in [6.45, 7) is 0.543. The summed E-state index contributed by atoms with van der Waals surface area (Å²) in [4.78, 5) is 15.9. The van der Waals surface area contributed by atoms with Crippen molar-refractivity contribution < 1.29 is 4.79 Å². The lowest BCUT2D eigenvalue weighted by molar-refractivity contribution is -0.119. The number of thioether (sulfide) groups is 1. The third kappa shape index (κ3) is 4.31. The summed E-state index contributed by atoms with van der Waals surface area (Å²) in [5.41, 5.74) is 6.66. The highest BCUT2D eigenvalue weighted by Crippen LogP contribution is 2.32. The molecule has 0 radical (unpaired) electrons. The Labute approximate surface area is 112 Å². The van der Waals surface area contributed by atoms with E-state index in [1.54, 1.807) is 18.0 Å². The molecule has 18 heavy (non-hydrogen) atoms. The molecular weight excluding hydrogens is 246 g/mol. The second-order valence-corrected chi connectivity index (χ2v) is 5.55. The van der Waals surface area contributed by atoms with Crippen molar-refractivity contribution >= 4 is 17.7 Å². The zero-order valence-electron chi connectivity index (χ0n) is 10.3. The van der Waals surface area contributed by atoms with E-state index in [4.69, 9.17) is 5.73 Å². The number of carbonyl (C=O) groups excluding carboxylic acids is 1. The number of nitrogens with two attached hydrogens (primary N) is 1. The molecule has 5 heteroatoms. The summed E-state index contributed by atoms with van der Waals surface area (Å²) in [5, 5.41) is 3.01. The maximum absolute atomic E-state index is 11.7. The van der Waals surface area contributed by atoms with Crippen LogP contribution in [0.5, 0.6) is 0 Å². The van der Waals surface area contributed by atoms with Crippen molar-refractivity contribution in [2.45, 2.75) is 24.6 Å². The molecule has 0 bridgehead atoms. The van der Waals surface area contributed by atoms with Gasteiger partial charge in [-0.3, -0.25) is 9.78 Å². The van der Waals surface area contributed by atoms with Gasteiger partial charge in [0.1, 0.15) is 0 Å². The first kappa shape index (κ1) is 13.4. The van der Waals surface area contributed by atoms with Gasteiger partial charge < -0.3 is 11.1 Å². The monoisotopic (exact) mass is 265 g/mol. The van der Waals surface area contributed by atoms with Crippen LogP contribution < -0.4 is 11.1 Å². The molecule has 1 aromatic heterocycles. The van der Waals surface area contributed by atoms with E-state index >= 15 is 0 Å². The first-order valence-electron chi connectivity index (χ1n) is 6.26. The molecule has 0 aromatic carbocycles. The topological polar surface area (TPSA) is 68.0 Å². The molecule has 4 nitrogen and oxygen atoms in total. The van der Waals surface area contributed by atoms with Crippen LogP contribution in [-0.4, -0.2) is 29.2 Å². The number of pyridine rings is 1. The number of hydrogen-bond donors (Lipinski definition) is 2. The van der Waals surface area contributed by atoms with Crippen molar-refractivity contribution in [1.29, 1.82) is 0 Å². The lowest BCUT2D eigenvalue weighted by Gasteiger charge is -2.15. The highest BCUT2D eigenvalue weighted by atomic mass is 32.2. The Morgan fingerprint density at radius 3 is 3.00 bits per heavy atom. The van der Waals surface area contributed by atoms with Gasteiger partial charge in [-0.25, -0.2) is 0 Å². The van der Waals surface area contributed by atoms with Crippen LogP contribution >= 0.6 is 11.8 Å². The third-order valence-electron chi connectivity index (χ3n) is 3.00. The zero-order chi connectivity index (χ0) is 12.8. The molecule has 0 spiro atoms. The molecule has 0 aliphatic heterocycles. The third-order valence-corrected chi connectivity index (χ3v) is 3.97. The Morgan fingerprint density at radius 1 is 1.56 bits per heavy atom. The fourth-order valence-electron chi connectivity index (χ4n) is 1.85. The molecule has 1 aliphatic carbocycles. The van der Waals surface area contributed by atoms with Gasteiger partial charge in [-0.15, -0.1) is 11.8 Å². The van der Waals surface area contributed by atoms with Gasteiger partial charge >= 0.3 is 0 Å². The molecule has 0 saturated heterocycles. The molecule has 1 saturated carbocycles. The minimum absolute atomic E-state index is 0.0817. The van der Waals surface area contributed by atoms with Crippen molar-refractivity contribution in [3.8, 4) is 0 Å². The minimum atomic E-state index is 0.0817. The number of aromatic nitrogens is 1. The predicted molar refractivity (Wildman–Crippen MR) is 74.1 cm³/mol. The smallest absolute Gasteiger partial charge is 0.230 e. The van der Waals surface area contributed by atoms with Gasteiger partial charge in [0.15, 0.2) is 0 Å². The average molecular weight is 265 g/mol. The van der Waals surface area contributed by atoms with E-state index in [1.807, 2.05) is 18.2 Å². The molecule has 98 valence electrons. The van der Waals surface area contributed by atoms with E-state index in [2.05, 4.69) is 10.3 Å². The van der Waals surface area contributed by atoms with E-state index in [1.165, 1.54) is 12.8 Å². The fraction of sp³-hybridized carbons (Fsp3) is 0.538. The number of carbonyl (C=O) groups is 1. The first-order chi connectivity index (χ1) is 8.79. The summed E-state index contributed by atoms with van der Waals surface area (Å²) in [7, 11) is 0. The molecule has 1 atom stereocenters. The highest BCUT2D eigenvalue weighted by molar-refractivity contribution is 7.99. The Kier molecular flexibility index (Phi) is 5.01. The molecule has 1 aromatic rings. The fourth-order valence-corrected chi connectivity index (χ4v) is 2.60. The summed E-state index contributed by atoms with van der Waals surface area (Å²) in [6, 6.07) is 5.99. The van der Waals surface area contributed by atoms with Gasteiger partial charge in [-0.2, -0.15) is 0 Å². The van der Waals surface area contributed by atoms with Gasteiger partial charge in [-0.1, -0.05) is 6.07 Å². The van der Waals surface area contributed by atoms with Gasteiger partial charge in [0.25, 0.3) is 0 Å². The quantitative estimate of drug-likeness (QED) is 0.776.